The lowest BCUT2D eigenvalue weighted by Crippen LogP contribution is -2.43. The third kappa shape index (κ3) is 3.29. The van der Waals surface area contributed by atoms with Crippen LogP contribution < -0.4 is 0 Å². The van der Waals surface area contributed by atoms with Gasteiger partial charge in [-0.1, -0.05) is 0 Å². The first kappa shape index (κ1) is 13.9. The number of carbonyl (C=O) groups is 1. The molecule has 1 aliphatic rings. The van der Waals surface area contributed by atoms with Gasteiger partial charge >= 0.3 is 0 Å². The van der Waals surface area contributed by atoms with Crippen molar-refractivity contribution < 1.29 is 17.9 Å². The number of H-pyrrole nitrogens is 1. The summed E-state index contributed by atoms with van der Waals surface area (Å²) in [7, 11) is -1.51. The number of ether oxygens (including phenoxy) is 1. The van der Waals surface area contributed by atoms with E-state index in [1.807, 2.05) is 0 Å². The van der Waals surface area contributed by atoms with Gasteiger partial charge in [0.15, 0.2) is 15.5 Å². The molecule has 1 aliphatic heterocycles. The van der Waals surface area contributed by atoms with E-state index in [4.69, 9.17) is 4.74 Å². The number of methoxy groups -OCH3 is 1. The SMILES string of the molecule is COCCN(C(=O)c1cn[nH]n1)C1CCS(=O)(=O)C1. The molecule has 2 rings (SSSR count). The average molecular weight is 288 g/mol. The van der Waals surface area contributed by atoms with Crippen molar-refractivity contribution >= 4 is 15.7 Å². The van der Waals surface area contributed by atoms with Crippen LogP contribution in [0, 0.1) is 0 Å². The van der Waals surface area contributed by atoms with Crippen LogP contribution in [0.5, 0.6) is 0 Å². The van der Waals surface area contributed by atoms with Crippen LogP contribution in [-0.2, 0) is 14.6 Å². The predicted octanol–water partition coefficient (Wildman–Crippen LogP) is -0.920. The second kappa shape index (κ2) is 5.66. The molecule has 1 aromatic rings. The molecule has 1 saturated heterocycles. The second-order valence-electron chi connectivity index (χ2n) is 4.40. The summed E-state index contributed by atoms with van der Waals surface area (Å²) in [5, 5.41) is 9.69. The number of nitrogens with one attached hydrogen (secondary N) is 1. The lowest BCUT2D eigenvalue weighted by atomic mass is 10.2. The molecular formula is C10H16N4O4S. The minimum atomic E-state index is -3.05. The summed E-state index contributed by atoms with van der Waals surface area (Å²) in [5.74, 6) is -0.207. The zero-order valence-electron chi connectivity index (χ0n) is 10.6. The van der Waals surface area contributed by atoms with Gasteiger partial charge in [-0.15, -0.1) is 0 Å². The Morgan fingerprint density at radius 3 is 2.95 bits per heavy atom. The Hall–Kier alpha value is -1.48. The van der Waals surface area contributed by atoms with E-state index in [-0.39, 0.29) is 29.1 Å². The maximum atomic E-state index is 12.3. The van der Waals surface area contributed by atoms with Crippen molar-refractivity contribution in [2.75, 3.05) is 31.8 Å². The zero-order chi connectivity index (χ0) is 13.9. The third-order valence-corrected chi connectivity index (χ3v) is 4.83. The fourth-order valence-electron chi connectivity index (χ4n) is 2.11. The Labute approximate surface area is 111 Å². The van der Waals surface area contributed by atoms with Crippen molar-refractivity contribution in [2.24, 2.45) is 0 Å². The van der Waals surface area contributed by atoms with Crippen molar-refractivity contribution in [1.82, 2.24) is 20.3 Å². The van der Waals surface area contributed by atoms with E-state index in [0.29, 0.717) is 19.6 Å². The number of hydrogen-bond donors (Lipinski definition) is 1. The number of hydrogen-bond acceptors (Lipinski definition) is 6. The van der Waals surface area contributed by atoms with Gasteiger partial charge in [0.1, 0.15) is 0 Å². The summed E-state index contributed by atoms with van der Waals surface area (Å²) < 4.78 is 28.0. The van der Waals surface area contributed by atoms with Crippen molar-refractivity contribution in [3.05, 3.63) is 11.9 Å². The molecule has 2 heterocycles. The van der Waals surface area contributed by atoms with Crippen molar-refractivity contribution in [3.8, 4) is 0 Å². The van der Waals surface area contributed by atoms with E-state index < -0.39 is 9.84 Å². The topological polar surface area (TPSA) is 105 Å². The largest absolute Gasteiger partial charge is 0.383 e. The number of sulfone groups is 1. The molecule has 0 bridgehead atoms. The number of amides is 1. The molecule has 0 aromatic carbocycles. The van der Waals surface area contributed by atoms with Gasteiger partial charge in [0.2, 0.25) is 0 Å². The summed E-state index contributed by atoms with van der Waals surface area (Å²) in [4.78, 5) is 13.8. The lowest BCUT2D eigenvalue weighted by Gasteiger charge is -2.27. The molecule has 9 heteroatoms. The zero-order valence-corrected chi connectivity index (χ0v) is 11.4. The van der Waals surface area contributed by atoms with Gasteiger partial charge in [-0.05, 0) is 6.42 Å². The van der Waals surface area contributed by atoms with Gasteiger partial charge in [-0.2, -0.15) is 15.4 Å². The van der Waals surface area contributed by atoms with E-state index in [9.17, 15) is 13.2 Å². The first-order valence-corrected chi connectivity index (χ1v) is 7.72. The molecule has 1 atom stereocenters. The first-order valence-electron chi connectivity index (χ1n) is 5.89. The number of rotatable bonds is 5. The van der Waals surface area contributed by atoms with Crippen LogP contribution in [0.15, 0.2) is 6.20 Å². The molecule has 0 saturated carbocycles. The highest BCUT2D eigenvalue weighted by atomic mass is 32.2. The Kier molecular flexibility index (Phi) is 4.15. The molecule has 106 valence electrons. The molecule has 1 amide bonds. The van der Waals surface area contributed by atoms with Gasteiger partial charge in [0, 0.05) is 19.7 Å². The smallest absolute Gasteiger partial charge is 0.276 e. The van der Waals surface area contributed by atoms with Crippen LogP contribution in [0.3, 0.4) is 0 Å². The second-order valence-corrected chi connectivity index (χ2v) is 6.63. The first-order chi connectivity index (χ1) is 9.03. The molecule has 19 heavy (non-hydrogen) atoms. The number of carbonyl (C=O) groups excluding carboxylic acids is 1. The summed E-state index contributed by atoms with van der Waals surface area (Å²) in [5.41, 5.74) is 0.181. The molecule has 1 aromatic heterocycles. The van der Waals surface area contributed by atoms with Gasteiger partial charge in [0.25, 0.3) is 5.91 Å². The molecule has 0 aliphatic carbocycles. The number of aromatic amines is 1. The van der Waals surface area contributed by atoms with Gasteiger partial charge in [0.05, 0.1) is 24.3 Å². The summed E-state index contributed by atoms with van der Waals surface area (Å²) in [6.07, 6.45) is 1.78. The fraction of sp³-hybridized carbons (Fsp3) is 0.700. The van der Waals surface area contributed by atoms with Crippen LogP contribution in [0.4, 0.5) is 0 Å². The van der Waals surface area contributed by atoms with E-state index in [1.165, 1.54) is 18.2 Å². The van der Waals surface area contributed by atoms with Gasteiger partial charge in [-0.25, -0.2) is 8.42 Å². The standard InChI is InChI=1S/C10H16N4O4S/c1-18-4-3-14(8-2-5-19(16,17)7-8)10(15)9-6-11-13-12-9/h6,8H,2-5,7H2,1H3,(H,11,12,13). The fourth-order valence-corrected chi connectivity index (χ4v) is 3.84. The monoisotopic (exact) mass is 288 g/mol. The number of nitrogens with zero attached hydrogens (tertiary/aromatic N) is 3. The van der Waals surface area contributed by atoms with Crippen molar-refractivity contribution in [3.63, 3.8) is 0 Å². The van der Waals surface area contributed by atoms with Crippen molar-refractivity contribution in [1.29, 1.82) is 0 Å². The summed E-state index contributed by atoms with van der Waals surface area (Å²) in [6.45, 7) is 0.683. The van der Waals surface area contributed by atoms with Gasteiger partial charge < -0.3 is 9.64 Å². The average Bonchev–Trinajstić information content (AvgIpc) is 2.99. The van der Waals surface area contributed by atoms with E-state index in [2.05, 4.69) is 15.4 Å². The molecule has 0 radical (unpaired) electrons. The number of aromatic nitrogens is 3. The van der Waals surface area contributed by atoms with Crippen LogP contribution >= 0.6 is 0 Å². The van der Waals surface area contributed by atoms with Gasteiger partial charge in [-0.3, -0.25) is 4.79 Å². The van der Waals surface area contributed by atoms with E-state index >= 15 is 0 Å². The molecule has 1 N–H and O–H groups in total. The van der Waals surface area contributed by atoms with E-state index in [1.54, 1.807) is 0 Å². The van der Waals surface area contributed by atoms with Crippen LogP contribution in [0.2, 0.25) is 0 Å². The minimum Gasteiger partial charge on any atom is -0.383 e. The maximum Gasteiger partial charge on any atom is 0.276 e. The Morgan fingerprint density at radius 2 is 2.42 bits per heavy atom. The highest BCUT2D eigenvalue weighted by Gasteiger charge is 2.35. The summed E-state index contributed by atoms with van der Waals surface area (Å²) >= 11 is 0. The molecule has 1 fully saturated rings. The highest BCUT2D eigenvalue weighted by molar-refractivity contribution is 7.91. The lowest BCUT2D eigenvalue weighted by molar-refractivity contribution is 0.0618. The van der Waals surface area contributed by atoms with Crippen molar-refractivity contribution in [2.45, 2.75) is 12.5 Å². The molecule has 1 unspecified atom stereocenters. The quantitative estimate of drug-likeness (QED) is 0.751. The van der Waals surface area contributed by atoms with Crippen LogP contribution in [0.1, 0.15) is 16.9 Å². The maximum absolute atomic E-state index is 12.3. The highest BCUT2D eigenvalue weighted by Crippen LogP contribution is 2.19. The van der Waals surface area contributed by atoms with E-state index in [0.717, 1.165) is 0 Å². The predicted molar refractivity (Wildman–Crippen MR) is 66.4 cm³/mol. The Balaban J connectivity index is 2.14. The molecule has 8 nitrogen and oxygen atoms in total. The Bertz CT molecular complexity index is 528. The molecule has 0 spiro atoms. The third-order valence-electron chi connectivity index (χ3n) is 3.08. The normalized spacial score (nSPS) is 21.4. The summed E-state index contributed by atoms with van der Waals surface area (Å²) in [6, 6.07) is -0.315. The van der Waals surface area contributed by atoms with Crippen LogP contribution in [-0.4, -0.2) is 72.4 Å². The molecular weight excluding hydrogens is 272 g/mol. The van der Waals surface area contributed by atoms with Crippen LogP contribution in [0.25, 0.3) is 0 Å². The Morgan fingerprint density at radius 1 is 1.63 bits per heavy atom. The minimum absolute atomic E-state index is 0.000303.